The number of aromatic nitrogens is 1. The third-order valence-electron chi connectivity index (χ3n) is 3.04. The summed E-state index contributed by atoms with van der Waals surface area (Å²) >= 11 is 1.24. The first-order valence-corrected chi connectivity index (χ1v) is 6.60. The lowest BCUT2D eigenvalue weighted by molar-refractivity contribution is 0.341. The van der Waals surface area contributed by atoms with Crippen molar-refractivity contribution >= 4 is 11.3 Å². The van der Waals surface area contributed by atoms with Gasteiger partial charge in [-0.3, -0.25) is 4.79 Å². The molecule has 1 aliphatic carbocycles. The highest BCUT2D eigenvalue weighted by Gasteiger charge is 2.12. The van der Waals surface area contributed by atoms with Gasteiger partial charge in [0.1, 0.15) is 0 Å². The minimum atomic E-state index is 0.0458. The Labute approximate surface area is 93.9 Å². The molecule has 0 aliphatic heterocycles. The Morgan fingerprint density at radius 2 is 2.20 bits per heavy atom. The molecule has 15 heavy (non-hydrogen) atoms. The predicted molar refractivity (Wildman–Crippen MR) is 63.2 cm³/mol. The molecule has 0 radical (unpaired) electrons. The Morgan fingerprint density at radius 1 is 1.40 bits per heavy atom. The summed E-state index contributed by atoms with van der Waals surface area (Å²) in [6, 6.07) is 0. The molecule has 0 atom stereocenters. The van der Waals surface area contributed by atoms with E-state index in [-0.39, 0.29) is 4.87 Å². The Kier molecular flexibility index (Phi) is 3.97. The van der Waals surface area contributed by atoms with Gasteiger partial charge in [-0.2, -0.15) is 0 Å². The van der Waals surface area contributed by atoms with E-state index in [4.69, 9.17) is 0 Å². The SMILES string of the molecule is O=c1[nH]c(CNCC2CCCCC2)cs1. The lowest BCUT2D eigenvalue weighted by Gasteiger charge is -2.21. The molecule has 0 amide bonds. The van der Waals surface area contributed by atoms with Crippen LogP contribution in [0.15, 0.2) is 10.2 Å². The molecule has 84 valence electrons. The molecule has 0 spiro atoms. The van der Waals surface area contributed by atoms with Gasteiger partial charge in [0.15, 0.2) is 0 Å². The van der Waals surface area contributed by atoms with Crippen LogP contribution in [0.1, 0.15) is 37.8 Å². The molecule has 0 unspecified atom stereocenters. The summed E-state index contributed by atoms with van der Waals surface area (Å²) < 4.78 is 0. The van der Waals surface area contributed by atoms with E-state index in [9.17, 15) is 4.79 Å². The number of aromatic amines is 1. The first kappa shape index (κ1) is 10.9. The van der Waals surface area contributed by atoms with Gasteiger partial charge in [-0.25, -0.2) is 0 Å². The van der Waals surface area contributed by atoms with Gasteiger partial charge in [0.2, 0.25) is 0 Å². The van der Waals surface area contributed by atoms with Crippen molar-refractivity contribution < 1.29 is 0 Å². The fourth-order valence-electron chi connectivity index (χ4n) is 2.20. The minimum absolute atomic E-state index is 0.0458. The molecule has 1 fully saturated rings. The van der Waals surface area contributed by atoms with Crippen molar-refractivity contribution in [2.24, 2.45) is 5.92 Å². The third-order valence-corrected chi connectivity index (χ3v) is 3.76. The Bertz CT molecular complexity index is 338. The zero-order chi connectivity index (χ0) is 10.5. The van der Waals surface area contributed by atoms with Gasteiger partial charge in [0.05, 0.1) is 0 Å². The minimum Gasteiger partial charge on any atom is -0.315 e. The number of hydrogen-bond donors (Lipinski definition) is 2. The summed E-state index contributed by atoms with van der Waals surface area (Å²) in [5, 5.41) is 5.32. The number of H-pyrrole nitrogens is 1. The molecule has 4 heteroatoms. The van der Waals surface area contributed by atoms with E-state index in [1.54, 1.807) is 0 Å². The normalized spacial score (nSPS) is 18.1. The molecule has 0 saturated heterocycles. The van der Waals surface area contributed by atoms with Crippen LogP contribution in [0, 0.1) is 5.92 Å². The van der Waals surface area contributed by atoms with Gasteiger partial charge in [-0.15, -0.1) is 0 Å². The molecular formula is C11H18N2OS. The Morgan fingerprint density at radius 3 is 2.87 bits per heavy atom. The van der Waals surface area contributed by atoms with Crippen molar-refractivity contribution in [2.45, 2.75) is 38.6 Å². The van der Waals surface area contributed by atoms with E-state index in [0.717, 1.165) is 24.7 Å². The van der Waals surface area contributed by atoms with Gasteiger partial charge in [-0.05, 0) is 25.3 Å². The highest BCUT2D eigenvalue weighted by atomic mass is 32.1. The second-order valence-electron chi connectivity index (χ2n) is 4.31. The number of nitrogens with one attached hydrogen (secondary N) is 2. The molecule has 0 aromatic carbocycles. The zero-order valence-electron chi connectivity index (χ0n) is 8.92. The van der Waals surface area contributed by atoms with Crippen LogP contribution < -0.4 is 10.2 Å². The van der Waals surface area contributed by atoms with E-state index >= 15 is 0 Å². The van der Waals surface area contributed by atoms with Gasteiger partial charge >= 0.3 is 4.87 Å². The summed E-state index contributed by atoms with van der Waals surface area (Å²) in [7, 11) is 0. The summed E-state index contributed by atoms with van der Waals surface area (Å²) in [4.78, 5) is 13.8. The Hall–Kier alpha value is -0.610. The van der Waals surface area contributed by atoms with Crippen LogP contribution in [-0.4, -0.2) is 11.5 Å². The molecule has 1 aromatic rings. The van der Waals surface area contributed by atoms with Crippen LogP contribution in [0.3, 0.4) is 0 Å². The van der Waals surface area contributed by atoms with Crippen molar-refractivity contribution in [3.63, 3.8) is 0 Å². The van der Waals surface area contributed by atoms with E-state index in [2.05, 4.69) is 10.3 Å². The van der Waals surface area contributed by atoms with E-state index in [1.165, 1.54) is 43.4 Å². The van der Waals surface area contributed by atoms with E-state index in [0.29, 0.717) is 0 Å². The lowest BCUT2D eigenvalue weighted by Crippen LogP contribution is -2.24. The average Bonchev–Trinajstić information content (AvgIpc) is 2.66. The summed E-state index contributed by atoms with van der Waals surface area (Å²) in [5.74, 6) is 0.851. The quantitative estimate of drug-likeness (QED) is 0.826. The van der Waals surface area contributed by atoms with Crippen molar-refractivity contribution in [3.05, 3.63) is 20.7 Å². The zero-order valence-corrected chi connectivity index (χ0v) is 9.74. The molecule has 0 bridgehead atoms. The molecule has 2 rings (SSSR count). The third kappa shape index (κ3) is 3.47. The van der Waals surface area contributed by atoms with Crippen molar-refractivity contribution in [1.29, 1.82) is 0 Å². The topological polar surface area (TPSA) is 44.9 Å². The molecule has 1 heterocycles. The molecule has 3 nitrogen and oxygen atoms in total. The monoisotopic (exact) mass is 226 g/mol. The lowest BCUT2D eigenvalue weighted by atomic mass is 9.89. The Balaban J connectivity index is 1.68. The van der Waals surface area contributed by atoms with Crippen LogP contribution in [0.5, 0.6) is 0 Å². The van der Waals surface area contributed by atoms with Crippen LogP contribution in [0.2, 0.25) is 0 Å². The summed E-state index contributed by atoms with van der Waals surface area (Å²) in [6.45, 7) is 1.90. The number of thiazole rings is 1. The maximum atomic E-state index is 10.9. The standard InChI is InChI=1S/C11H18N2OS/c14-11-13-10(8-15-11)7-12-6-9-4-2-1-3-5-9/h8-9,12H,1-7H2,(H,13,14). The largest absolute Gasteiger partial charge is 0.315 e. The molecule has 2 N–H and O–H groups in total. The van der Waals surface area contributed by atoms with Crippen LogP contribution >= 0.6 is 11.3 Å². The fraction of sp³-hybridized carbons (Fsp3) is 0.727. The van der Waals surface area contributed by atoms with Crippen LogP contribution in [0.25, 0.3) is 0 Å². The first-order chi connectivity index (χ1) is 7.34. The van der Waals surface area contributed by atoms with Crippen molar-refractivity contribution in [3.8, 4) is 0 Å². The van der Waals surface area contributed by atoms with Crippen molar-refractivity contribution in [1.82, 2.24) is 10.3 Å². The summed E-state index contributed by atoms with van der Waals surface area (Å²) in [6.07, 6.45) is 6.93. The summed E-state index contributed by atoms with van der Waals surface area (Å²) in [5.41, 5.74) is 1.01. The highest BCUT2D eigenvalue weighted by molar-refractivity contribution is 7.07. The van der Waals surface area contributed by atoms with E-state index < -0.39 is 0 Å². The predicted octanol–water partition coefficient (Wildman–Crippen LogP) is 2.11. The second-order valence-corrected chi connectivity index (χ2v) is 5.15. The van der Waals surface area contributed by atoms with Gasteiger partial charge in [0, 0.05) is 17.6 Å². The molecule has 1 saturated carbocycles. The highest BCUT2D eigenvalue weighted by Crippen LogP contribution is 2.22. The molecule has 1 aromatic heterocycles. The van der Waals surface area contributed by atoms with Crippen molar-refractivity contribution in [2.75, 3.05) is 6.54 Å². The van der Waals surface area contributed by atoms with Crippen LogP contribution in [-0.2, 0) is 6.54 Å². The molecular weight excluding hydrogens is 208 g/mol. The van der Waals surface area contributed by atoms with Gasteiger partial charge in [0.25, 0.3) is 0 Å². The van der Waals surface area contributed by atoms with Gasteiger partial charge in [-0.1, -0.05) is 30.6 Å². The smallest absolute Gasteiger partial charge is 0.304 e. The fourth-order valence-corrected chi connectivity index (χ4v) is 2.78. The number of rotatable bonds is 4. The maximum absolute atomic E-state index is 10.9. The average molecular weight is 226 g/mol. The molecule has 1 aliphatic rings. The van der Waals surface area contributed by atoms with Crippen LogP contribution in [0.4, 0.5) is 0 Å². The maximum Gasteiger partial charge on any atom is 0.304 e. The number of hydrogen-bond acceptors (Lipinski definition) is 3. The first-order valence-electron chi connectivity index (χ1n) is 5.72. The second kappa shape index (κ2) is 5.47. The van der Waals surface area contributed by atoms with E-state index in [1.807, 2.05) is 5.38 Å². The van der Waals surface area contributed by atoms with Gasteiger partial charge < -0.3 is 10.3 Å².